The van der Waals surface area contributed by atoms with Crippen molar-refractivity contribution in [2.45, 2.75) is 64.1 Å². The van der Waals surface area contributed by atoms with Gasteiger partial charge in [0.2, 0.25) is 11.8 Å². The molecule has 1 aliphatic rings. The summed E-state index contributed by atoms with van der Waals surface area (Å²) < 4.78 is 5.06. The van der Waals surface area contributed by atoms with Gasteiger partial charge < -0.3 is 25.3 Å². The first-order valence-corrected chi connectivity index (χ1v) is 7.11. The summed E-state index contributed by atoms with van der Waals surface area (Å²) in [7, 11) is 0. The summed E-state index contributed by atoms with van der Waals surface area (Å²) >= 11 is 0. The summed E-state index contributed by atoms with van der Waals surface area (Å²) in [5.41, 5.74) is -0.661. The Labute approximate surface area is 128 Å². The molecule has 1 aliphatic heterocycles. The lowest BCUT2D eigenvalue weighted by Crippen LogP contribution is -2.52. The minimum Gasteiger partial charge on any atom is -0.548 e. The number of aliphatic carboxylic acids is 1. The third-order valence-electron chi connectivity index (χ3n) is 2.97. The smallest absolute Gasteiger partial charge is 0.306 e. The van der Waals surface area contributed by atoms with Gasteiger partial charge in [0.05, 0.1) is 12.0 Å². The molecule has 1 heterocycles. The quantitative estimate of drug-likeness (QED) is 0.582. The SMILES string of the molecule is CC(C)(C)OC(=O)CC[C@H](NC(=O)[C@@H]1CCC(=O)N1)C(=O)[O-]. The second-order valence-electron chi connectivity index (χ2n) is 6.16. The highest BCUT2D eigenvalue weighted by Gasteiger charge is 2.29. The van der Waals surface area contributed by atoms with E-state index in [0.29, 0.717) is 6.42 Å². The van der Waals surface area contributed by atoms with Gasteiger partial charge in [-0.15, -0.1) is 0 Å². The van der Waals surface area contributed by atoms with Gasteiger partial charge in [-0.25, -0.2) is 0 Å². The predicted octanol–water partition coefficient (Wildman–Crippen LogP) is -1.38. The molecule has 22 heavy (non-hydrogen) atoms. The number of carbonyl (C=O) groups is 4. The van der Waals surface area contributed by atoms with E-state index in [4.69, 9.17) is 4.74 Å². The zero-order chi connectivity index (χ0) is 16.9. The lowest BCUT2D eigenvalue weighted by atomic mass is 10.1. The average Bonchev–Trinajstić information content (AvgIpc) is 2.78. The molecule has 0 spiro atoms. The van der Waals surface area contributed by atoms with E-state index in [1.807, 2.05) is 0 Å². The Hall–Kier alpha value is -2.12. The van der Waals surface area contributed by atoms with Crippen LogP contribution in [0, 0.1) is 0 Å². The van der Waals surface area contributed by atoms with Gasteiger partial charge in [0.25, 0.3) is 0 Å². The van der Waals surface area contributed by atoms with Crippen molar-refractivity contribution in [2.24, 2.45) is 0 Å². The van der Waals surface area contributed by atoms with Crippen LogP contribution >= 0.6 is 0 Å². The Morgan fingerprint density at radius 1 is 1.41 bits per heavy atom. The average molecular weight is 313 g/mol. The van der Waals surface area contributed by atoms with Crippen molar-refractivity contribution in [3.8, 4) is 0 Å². The van der Waals surface area contributed by atoms with Crippen LogP contribution in [0.1, 0.15) is 46.5 Å². The molecule has 2 amide bonds. The van der Waals surface area contributed by atoms with E-state index >= 15 is 0 Å². The van der Waals surface area contributed by atoms with Gasteiger partial charge in [-0.1, -0.05) is 0 Å². The van der Waals surface area contributed by atoms with Crippen molar-refractivity contribution >= 4 is 23.8 Å². The van der Waals surface area contributed by atoms with Gasteiger partial charge in [-0.2, -0.15) is 0 Å². The van der Waals surface area contributed by atoms with Crippen molar-refractivity contribution in [1.82, 2.24) is 10.6 Å². The van der Waals surface area contributed by atoms with Crippen molar-refractivity contribution in [2.75, 3.05) is 0 Å². The minimum atomic E-state index is -1.48. The fraction of sp³-hybridized carbons (Fsp3) is 0.714. The van der Waals surface area contributed by atoms with Crippen molar-refractivity contribution in [1.29, 1.82) is 0 Å². The van der Waals surface area contributed by atoms with Crippen LogP contribution in [0.25, 0.3) is 0 Å². The van der Waals surface area contributed by atoms with Gasteiger partial charge >= 0.3 is 5.97 Å². The fourth-order valence-electron chi connectivity index (χ4n) is 1.99. The molecular weight excluding hydrogens is 292 g/mol. The lowest BCUT2D eigenvalue weighted by Gasteiger charge is -2.23. The summed E-state index contributed by atoms with van der Waals surface area (Å²) in [4.78, 5) is 45.5. The topological polar surface area (TPSA) is 125 Å². The molecule has 2 N–H and O–H groups in total. The molecule has 124 valence electrons. The number of rotatable bonds is 6. The highest BCUT2D eigenvalue weighted by molar-refractivity contribution is 5.92. The standard InChI is InChI=1S/C14H22N2O6/c1-14(2,3)22-11(18)7-5-9(13(20)21)16-12(19)8-4-6-10(17)15-8/h8-9H,4-7H2,1-3H3,(H,15,17)(H,16,19)(H,20,21)/p-1/t8-,9-/m0/s1. The molecule has 2 atom stereocenters. The fourth-order valence-corrected chi connectivity index (χ4v) is 1.99. The number of hydrogen-bond acceptors (Lipinski definition) is 6. The van der Waals surface area contributed by atoms with Gasteiger partial charge in [0, 0.05) is 12.8 Å². The van der Waals surface area contributed by atoms with Crippen LogP contribution in [0.4, 0.5) is 0 Å². The summed E-state index contributed by atoms with van der Waals surface area (Å²) in [6.45, 7) is 5.10. The largest absolute Gasteiger partial charge is 0.548 e. The first-order chi connectivity index (χ1) is 10.1. The van der Waals surface area contributed by atoms with Crippen molar-refractivity contribution in [3.05, 3.63) is 0 Å². The maximum absolute atomic E-state index is 11.8. The van der Waals surface area contributed by atoms with Crippen LogP contribution in [0.2, 0.25) is 0 Å². The summed E-state index contributed by atoms with van der Waals surface area (Å²) in [6, 6.07) is -2.05. The lowest BCUT2D eigenvalue weighted by molar-refractivity contribution is -0.308. The Bertz CT molecular complexity index is 468. The van der Waals surface area contributed by atoms with Crippen molar-refractivity contribution < 1.29 is 29.0 Å². The highest BCUT2D eigenvalue weighted by atomic mass is 16.6. The van der Waals surface area contributed by atoms with Gasteiger partial charge in [0.15, 0.2) is 0 Å². The maximum atomic E-state index is 11.8. The number of nitrogens with one attached hydrogen (secondary N) is 2. The molecule has 0 aliphatic carbocycles. The van der Waals surface area contributed by atoms with E-state index in [2.05, 4.69) is 10.6 Å². The number of carbonyl (C=O) groups excluding carboxylic acids is 4. The Kier molecular flexibility index (Phi) is 5.90. The highest BCUT2D eigenvalue weighted by Crippen LogP contribution is 2.11. The van der Waals surface area contributed by atoms with Crippen LogP contribution in [-0.2, 0) is 23.9 Å². The predicted molar refractivity (Wildman–Crippen MR) is 73.2 cm³/mol. The summed E-state index contributed by atoms with van der Waals surface area (Å²) in [5, 5.41) is 15.8. The molecule has 0 radical (unpaired) electrons. The first-order valence-electron chi connectivity index (χ1n) is 7.11. The van der Waals surface area contributed by atoms with Crippen LogP contribution in [0.15, 0.2) is 0 Å². The van der Waals surface area contributed by atoms with Crippen LogP contribution in [-0.4, -0.2) is 41.4 Å². The second kappa shape index (κ2) is 7.24. The number of carboxylic acids is 1. The number of amides is 2. The van der Waals surface area contributed by atoms with E-state index in [9.17, 15) is 24.3 Å². The maximum Gasteiger partial charge on any atom is 0.306 e. The molecule has 1 saturated heterocycles. The normalized spacial score (nSPS) is 19.2. The van der Waals surface area contributed by atoms with E-state index in [1.54, 1.807) is 20.8 Å². The van der Waals surface area contributed by atoms with Crippen molar-refractivity contribution in [3.63, 3.8) is 0 Å². The van der Waals surface area contributed by atoms with E-state index < -0.39 is 35.5 Å². The third kappa shape index (κ3) is 6.11. The number of carboxylic acid groups (broad SMARTS) is 1. The van der Waals surface area contributed by atoms with Crippen LogP contribution in [0.3, 0.4) is 0 Å². The monoisotopic (exact) mass is 313 g/mol. The first kappa shape index (κ1) is 17.9. The Morgan fingerprint density at radius 2 is 2.05 bits per heavy atom. The summed E-state index contributed by atoms with van der Waals surface area (Å²) in [5.74, 6) is -2.88. The molecule has 1 fully saturated rings. The second-order valence-corrected chi connectivity index (χ2v) is 6.16. The van der Waals surface area contributed by atoms with Crippen LogP contribution in [0.5, 0.6) is 0 Å². The minimum absolute atomic E-state index is 0.135. The number of ether oxygens (including phenoxy) is 1. The molecule has 0 saturated carbocycles. The molecule has 8 heteroatoms. The molecular formula is C14H21N2O6-. The number of esters is 1. The van der Waals surface area contributed by atoms with Gasteiger partial charge in [-0.3, -0.25) is 14.4 Å². The molecule has 0 aromatic heterocycles. The zero-order valence-electron chi connectivity index (χ0n) is 12.9. The summed E-state index contributed by atoms with van der Waals surface area (Å²) in [6.07, 6.45) is 0.249. The van der Waals surface area contributed by atoms with Crippen LogP contribution < -0.4 is 15.7 Å². The Balaban J connectivity index is 2.48. The number of hydrogen-bond donors (Lipinski definition) is 2. The van der Waals surface area contributed by atoms with Gasteiger partial charge in [-0.05, 0) is 33.6 Å². The van der Waals surface area contributed by atoms with E-state index in [0.717, 1.165) is 0 Å². The zero-order valence-corrected chi connectivity index (χ0v) is 12.9. The Morgan fingerprint density at radius 3 is 2.50 bits per heavy atom. The van der Waals surface area contributed by atoms with E-state index in [1.165, 1.54) is 0 Å². The molecule has 1 rings (SSSR count). The molecule has 0 bridgehead atoms. The molecule has 0 aromatic carbocycles. The molecule has 0 aromatic rings. The molecule has 0 unspecified atom stereocenters. The van der Waals surface area contributed by atoms with Gasteiger partial charge in [0.1, 0.15) is 11.6 Å². The third-order valence-corrected chi connectivity index (χ3v) is 2.97. The molecule has 8 nitrogen and oxygen atoms in total. The van der Waals surface area contributed by atoms with E-state index in [-0.39, 0.29) is 25.2 Å².